The molecule has 0 aliphatic rings. The smallest absolute Gasteiger partial charge is 0.311 e. The molecule has 0 unspecified atom stereocenters. The normalized spacial score (nSPS) is 10.4. The number of carbonyl (C=O) groups excluding carboxylic acids is 1. The molecule has 17 heavy (non-hydrogen) atoms. The Morgan fingerprint density at radius 1 is 1.47 bits per heavy atom. The summed E-state index contributed by atoms with van der Waals surface area (Å²) in [4.78, 5) is 15.0. The molecular weight excluding hydrogens is 232 g/mol. The predicted octanol–water partition coefficient (Wildman–Crippen LogP) is 2.13. The van der Waals surface area contributed by atoms with E-state index in [4.69, 9.17) is 9.47 Å². The highest BCUT2D eigenvalue weighted by Crippen LogP contribution is 2.27. The molecule has 4 nitrogen and oxygen atoms in total. The van der Waals surface area contributed by atoms with Crippen molar-refractivity contribution in [2.75, 3.05) is 13.7 Å². The van der Waals surface area contributed by atoms with E-state index < -0.39 is 12.4 Å². The summed E-state index contributed by atoms with van der Waals surface area (Å²) in [5.41, 5.74) is 0.0461. The summed E-state index contributed by atoms with van der Waals surface area (Å²) in [6, 6.07) is 2.56. The summed E-state index contributed by atoms with van der Waals surface area (Å²) in [5.74, 6) is -0.617. The van der Waals surface area contributed by atoms with Crippen LogP contribution in [0.25, 0.3) is 0 Å². The average Bonchev–Trinajstić information content (AvgIpc) is 2.28. The summed E-state index contributed by atoms with van der Waals surface area (Å²) in [6.45, 7) is 1.96. The molecule has 1 aromatic heterocycles. The Hall–Kier alpha value is -1.72. The second-order valence-electron chi connectivity index (χ2n) is 3.18. The third-order valence-electron chi connectivity index (χ3n) is 2.01. The van der Waals surface area contributed by atoms with Crippen LogP contribution in [0.5, 0.6) is 5.88 Å². The molecule has 0 radical (unpaired) electrons. The van der Waals surface area contributed by atoms with Crippen molar-refractivity contribution in [2.24, 2.45) is 0 Å². The van der Waals surface area contributed by atoms with Crippen LogP contribution in [0.1, 0.15) is 24.6 Å². The van der Waals surface area contributed by atoms with E-state index in [0.29, 0.717) is 5.69 Å². The van der Waals surface area contributed by atoms with Crippen molar-refractivity contribution in [2.45, 2.75) is 19.8 Å². The first kappa shape index (κ1) is 13.3. The van der Waals surface area contributed by atoms with Gasteiger partial charge in [-0.25, -0.2) is 13.8 Å². The lowest BCUT2D eigenvalue weighted by atomic mass is 10.2. The van der Waals surface area contributed by atoms with Gasteiger partial charge in [0.25, 0.3) is 6.43 Å². The van der Waals surface area contributed by atoms with Crippen LogP contribution >= 0.6 is 0 Å². The molecule has 0 spiro atoms. The number of ether oxygens (including phenoxy) is 2. The van der Waals surface area contributed by atoms with Crippen LogP contribution < -0.4 is 4.74 Å². The minimum atomic E-state index is -2.66. The maximum absolute atomic E-state index is 12.5. The van der Waals surface area contributed by atoms with Gasteiger partial charge < -0.3 is 9.47 Å². The van der Waals surface area contributed by atoms with E-state index in [9.17, 15) is 13.6 Å². The maximum Gasteiger partial charge on any atom is 0.311 e. The minimum absolute atomic E-state index is 0.0618. The van der Waals surface area contributed by atoms with Crippen LogP contribution in [0.4, 0.5) is 8.78 Å². The van der Waals surface area contributed by atoms with Crippen LogP contribution in [0, 0.1) is 0 Å². The van der Waals surface area contributed by atoms with Gasteiger partial charge in [0.1, 0.15) is 0 Å². The quantitative estimate of drug-likeness (QED) is 0.745. The number of nitrogens with zero attached hydrogens (tertiary/aromatic N) is 1. The van der Waals surface area contributed by atoms with Crippen LogP contribution in [-0.4, -0.2) is 24.7 Å². The zero-order chi connectivity index (χ0) is 12.8. The van der Waals surface area contributed by atoms with Crippen molar-refractivity contribution >= 4 is 5.97 Å². The molecule has 1 aromatic rings. The van der Waals surface area contributed by atoms with Crippen LogP contribution in [0.15, 0.2) is 12.1 Å². The van der Waals surface area contributed by atoms with Gasteiger partial charge in [-0.05, 0) is 19.1 Å². The number of rotatable bonds is 5. The monoisotopic (exact) mass is 245 g/mol. The third kappa shape index (κ3) is 3.65. The minimum Gasteiger partial charge on any atom is -0.481 e. The molecule has 0 aromatic carbocycles. The predicted molar refractivity (Wildman–Crippen MR) is 56.1 cm³/mol. The molecule has 1 heterocycles. The highest BCUT2D eigenvalue weighted by molar-refractivity contribution is 5.72. The summed E-state index contributed by atoms with van der Waals surface area (Å²) in [7, 11) is 1.25. The number of pyridine rings is 1. The van der Waals surface area contributed by atoms with E-state index in [1.165, 1.54) is 19.2 Å². The van der Waals surface area contributed by atoms with Crippen LogP contribution in [0.2, 0.25) is 0 Å². The first-order chi connectivity index (χ1) is 8.08. The molecule has 0 aliphatic carbocycles. The van der Waals surface area contributed by atoms with Gasteiger partial charge in [0.15, 0.2) is 0 Å². The molecular formula is C11H13F2NO3. The zero-order valence-corrected chi connectivity index (χ0v) is 9.57. The Morgan fingerprint density at radius 3 is 2.71 bits per heavy atom. The van der Waals surface area contributed by atoms with E-state index in [2.05, 4.69) is 4.98 Å². The van der Waals surface area contributed by atoms with Crippen molar-refractivity contribution in [3.8, 4) is 5.88 Å². The Kier molecular flexibility index (Phi) is 4.81. The standard InChI is InChI=1S/C11H13F2NO3/c1-3-17-9(15)6-7-4-5-8(10(12)13)11(14-7)16-2/h4-5,10H,3,6H2,1-2H3. The Bertz CT molecular complexity index is 396. The summed E-state index contributed by atoms with van der Waals surface area (Å²) in [6.07, 6.45) is -2.72. The molecule has 0 bridgehead atoms. The van der Waals surface area contributed by atoms with E-state index in [1.807, 2.05) is 0 Å². The number of methoxy groups -OCH3 is 1. The van der Waals surface area contributed by atoms with Crippen LogP contribution in [0.3, 0.4) is 0 Å². The molecule has 0 fully saturated rings. The van der Waals surface area contributed by atoms with Gasteiger partial charge in [0.05, 0.1) is 31.4 Å². The molecule has 0 saturated carbocycles. The van der Waals surface area contributed by atoms with Gasteiger partial charge in [-0.2, -0.15) is 0 Å². The van der Waals surface area contributed by atoms with E-state index in [0.717, 1.165) is 0 Å². The van der Waals surface area contributed by atoms with Gasteiger partial charge in [0, 0.05) is 0 Å². The third-order valence-corrected chi connectivity index (χ3v) is 2.01. The van der Waals surface area contributed by atoms with Crippen LogP contribution in [-0.2, 0) is 16.0 Å². The number of halogens is 2. The number of alkyl halides is 2. The van der Waals surface area contributed by atoms with Gasteiger partial charge in [-0.3, -0.25) is 4.79 Å². The average molecular weight is 245 g/mol. The van der Waals surface area contributed by atoms with Crippen molar-refractivity contribution in [1.82, 2.24) is 4.98 Å². The topological polar surface area (TPSA) is 48.4 Å². The second-order valence-corrected chi connectivity index (χ2v) is 3.18. The molecule has 0 saturated heterocycles. The molecule has 6 heteroatoms. The summed E-state index contributed by atoms with van der Waals surface area (Å²) < 4.78 is 34.5. The van der Waals surface area contributed by atoms with E-state index in [-0.39, 0.29) is 24.5 Å². The molecule has 0 aliphatic heterocycles. The fourth-order valence-corrected chi connectivity index (χ4v) is 1.28. The number of aromatic nitrogens is 1. The first-order valence-corrected chi connectivity index (χ1v) is 5.06. The van der Waals surface area contributed by atoms with Gasteiger partial charge in [-0.15, -0.1) is 0 Å². The fourth-order valence-electron chi connectivity index (χ4n) is 1.28. The van der Waals surface area contributed by atoms with Gasteiger partial charge in [-0.1, -0.05) is 0 Å². The van der Waals surface area contributed by atoms with Gasteiger partial charge in [0.2, 0.25) is 5.88 Å². The van der Waals surface area contributed by atoms with Crippen molar-refractivity contribution < 1.29 is 23.0 Å². The molecule has 0 N–H and O–H groups in total. The summed E-state index contributed by atoms with van der Waals surface area (Å²) >= 11 is 0. The SMILES string of the molecule is CCOC(=O)Cc1ccc(C(F)F)c(OC)n1. The highest BCUT2D eigenvalue weighted by Gasteiger charge is 2.16. The second kappa shape index (κ2) is 6.12. The van der Waals surface area contributed by atoms with Crippen molar-refractivity contribution in [1.29, 1.82) is 0 Å². The highest BCUT2D eigenvalue weighted by atomic mass is 19.3. The largest absolute Gasteiger partial charge is 0.481 e. The lowest BCUT2D eigenvalue weighted by molar-refractivity contribution is -0.142. The first-order valence-electron chi connectivity index (χ1n) is 5.06. The van der Waals surface area contributed by atoms with Crippen molar-refractivity contribution in [3.05, 3.63) is 23.4 Å². The molecule has 0 amide bonds. The number of hydrogen-bond donors (Lipinski definition) is 0. The van der Waals surface area contributed by atoms with Gasteiger partial charge >= 0.3 is 5.97 Å². The zero-order valence-electron chi connectivity index (χ0n) is 9.57. The van der Waals surface area contributed by atoms with E-state index in [1.54, 1.807) is 6.92 Å². The Balaban J connectivity index is 2.86. The fraction of sp³-hybridized carbons (Fsp3) is 0.455. The molecule has 0 atom stereocenters. The number of esters is 1. The van der Waals surface area contributed by atoms with E-state index >= 15 is 0 Å². The summed E-state index contributed by atoms with van der Waals surface area (Å²) in [5, 5.41) is 0. The molecule has 1 rings (SSSR count). The number of carbonyl (C=O) groups is 1. The number of hydrogen-bond acceptors (Lipinski definition) is 4. The lowest BCUT2D eigenvalue weighted by Gasteiger charge is -2.08. The molecule has 94 valence electrons. The maximum atomic E-state index is 12.5. The Morgan fingerprint density at radius 2 is 2.18 bits per heavy atom. The Labute approximate surface area is 97.6 Å². The van der Waals surface area contributed by atoms with Crippen molar-refractivity contribution in [3.63, 3.8) is 0 Å². The lowest BCUT2D eigenvalue weighted by Crippen LogP contribution is -2.09.